The van der Waals surface area contributed by atoms with Crippen LogP contribution in [0.2, 0.25) is 0 Å². The smallest absolute Gasteiger partial charge is 0.155 e. The van der Waals surface area contributed by atoms with Crippen LogP contribution in [-0.4, -0.2) is 21.3 Å². The Labute approximate surface area is 180 Å². The number of aryl methyl sites for hydroxylation is 1. The molecule has 0 radical (unpaired) electrons. The van der Waals surface area contributed by atoms with E-state index in [2.05, 4.69) is 77.8 Å². The molecule has 3 aromatic carbocycles. The van der Waals surface area contributed by atoms with Crippen LogP contribution in [0.1, 0.15) is 27.3 Å². The molecular formula is C25H21N2O2S-. The number of aromatic nitrogens is 2. The van der Waals surface area contributed by atoms with Crippen LogP contribution in [0.15, 0.2) is 103 Å². The lowest BCUT2D eigenvalue weighted by molar-refractivity contribution is -0.256. The van der Waals surface area contributed by atoms with Gasteiger partial charge in [-0.1, -0.05) is 91.0 Å². The number of carbonyl (C=O) groups excluding carboxylic acids is 1. The van der Waals surface area contributed by atoms with Gasteiger partial charge in [-0.25, -0.2) is 4.98 Å². The van der Waals surface area contributed by atoms with Gasteiger partial charge in [0.1, 0.15) is 5.97 Å². The van der Waals surface area contributed by atoms with E-state index in [1.165, 1.54) is 22.9 Å². The summed E-state index contributed by atoms with van der Waals surface area (Å²) in [7, 11) is 0. The predicted molar refractivity (Wildman–Crippen MR) is 118 cm³/mol. The number of aromatic carboxylic acids is 1. The molecule has 0 N–H and O–H groups in total. The Morgan fingerprint density at radius 2 is 1.30 bits per heavy atom. The number of hydrogen-bond acceptors (Lipinski definition) is 4. The maximum atomic E-state index is 11.3. The number of carboxylic acids is 1. The molecule has 0 aliphatic carbocycles. The Hall–Kier alpha value is -3.31. The third-order valence-electron chi connectivity index (χ3n) is 5.09. The fourth-order valence-corrected chi connectivity index (χ4v) is 5.25. The molecule has 0 amide bonds. The largest absolute Gasteiger partial charge is 0.542 e. The molecule has 0 unspecified atom stereocenters. The maximum absolute atomic E-state index is 11.3. The molecule has 5 heteroatoms. The van der Waals surface area contributed by atoms with Crippen molar-refractivity contribution in [1.82, 2.24) is 9.55 Å². The maximum Gasteiger partial charge on any atom is 0.155 e. The molecular weight excluding hydrogens is 392 g/mol. The Morgan fingerprint density at radius 1 is 0.833 bits per heavy atom. The zero-order valence-corrected chi connectivity index (χ0v) is 17.2. The summed E-state index contributed by atoms with van der Waals surface area (Å²) in [4.78, 5) is 15.2. The van der Waals surface area contributed by atoms with Gasteiger partial charge in [0.25, 0.3) is 0 Å². The Kier molecular flexibility index (Phi) is 6.00. The minimum absolute atomic E-state index is 0.0414. The third kappa shape index (κ3) is 3.89. The Morgan fingerprint density at radius 3 is 1.73 bits per heavy atom. The van der Waals surface area contributed by atoms with Crippen molar-refractivity contribution in [2.24, 2.45) is 0 Å². The first-order chi connectivity index (χ1) is 14.7. The van der Waals surface area contributed by atoms with Crippen LogP contribution < -0.4 is 5.11 Å². The van der Waals surface area contributed by atoms with Gasteiger partial charge < -0.3 is 14.5 Å². The van der Waals surface area contributed by atoms with Gasteiger partial charge in [0.05, 0.1) is 4.75 Å². The van der Waals surface area contributed by atoms with E-state index in [-0.39, 0.29) is 5.82 Å². The van der Waals surface area contributed by atoms with Crippen LogP contribution in [0.4, 0.5) is 0 Å². The Balaban J connectivity index is 1.77. The van der Waals surface area contributed by atoms with E-state index in [4.69, 9.17) is 0 Å². The number of imidazole rings is 1. The molecule has 4 nitrogen and oxygen atoms in total. The zero-order chi connectivity index (χ0) is 20.8. The number of nitrogens with zero attached hydrogens (tertiary/aromatic N) is 2. The standard InChI is InChI=1S/C25H22N2O2S/c28-24(29)23-26-16-17-27(23)18-19-30-25(20-10-4-1-5-11-20,21-12-6-2-7-13-21)22-14-8-3-9-15-22/h1-17H,18-19H2,(H,28,29)/p-1. The van der Waals surface area contributed by atoms with Crippen LogP contribution in [0.25, 0.3) is 0 Å². The number of benzene rings is 3. The molecule has 0 aliphatic rings. The second-order valence-corrected chi connectivity index (χ2v) is 8.17. The second-order valence-electron chi connectivity index (χ2n) is 6.86. The number of rotatable bonds is 8. The summed E-state index contributed by atoms with van der Waals surface area (Å²) in [5.41, 5.74) is 3.54. The number of carboxylic acid groups (broad SMARTS) is 1. The molecule has 0 atom stereocenters. The SMILES string of the molecule is O=C([O-])c1nccn1CCSC(c1ccccc1)(c1ccccc1)c1ccccc1. The van der Waals surface area contributed by atoms with E-state index in [0.29, 0.717) is 12.3 Å². The molecule has 150 valence electrons. The highest BCUT2D eigenvalue weighted by molar-refractivity contribution is 8.00. The van der Waals surface area contributed by atoms with Gasteiger partial charge in [-0.15, -0.1) is 11.8 Å². The zero-order valence-electron chi connectivity index (χ0n) is 16.3. The highest BCUT2D eigenvalue weighted by atomic mass is 32.2. The van der Waals surface area contributed by atoms with Crippen LogP contribution >= 0.6 is 11.8 Å². The molecule has 1 aromatic heterocycles. The van der Waals surface area contributed by atoms with Crippen molar-refractivity contribution < 1.29 is 9.90 Å². The summed E-state index contributed by atoms with van der Waals surface area (Å²) in [5.74, 6) is -0.610. The quantitative estimate of drug-likeness (QED) is 0.410. The first-order valence-electron chi connectivity index (χ1n) is 9.75. The van der Waals surface area contributed by atoms with Crippen LogP contribution in [-0.2, 0) is 11.3 Å². The average molecular weight is 414 g/mol. The average Bonchev–Trinajstić information content (AvgIpc) is 3.28. The van der Waals surface area contributed by atoms with E-state index in [1.807, 2.05) is 18.2 Å². The van der Waals surface area contributed by atoms with Gasteiger partial charge in [-0.3, -0.25) is 0 Å². The normalized spacial score (nSPS) is 11.3. The lowest BCUT2D eigenvalue weighted by atomic mass is 9.84. The van der Waals surface area contributed by atoms with E-state index in [9.17, 15) is 9.90 Å². The summed E-state index contributed by atoms with van der Waals surface area (Å²) in [5, 5.41) is 11.3. The monoisotopic (exact) mass is 413 g/mol. The highest BCUT2D eigenvalue weighted by Crippen LogP contribution is 2.48. The van der Waals surface area contributed by atoms with Crippen molar-refractivity contribution >= 4 is 17.7 Å². The van der Waals surface area contributed by atoms with Crippen molar-refractivity contribution in [2.45, 2.75) is 11.3 Å². The molecule has 1 heterocycles. The van der Waals surface area contributed by atoms with E-state index in [1.54, 1.807) is 22.5 Å². The van der Waals surface area contributed by atoms with Crippen LogP contribution in [0.3, 0.4) is 0 Å². The number of thioether (sulfide) groups is 1. The summed E-state index contributed by atoms with van der Waals surface area (Å²) < 4.78 is 1.21. The topological polar surface area (TPSA) is 57.9 Å². The highest BCUT2D eigenvalue weighted by Gasteiger charge is 2.36. The molecule has 0 bridgehead atoms. The van der Waals surface area contributed by atoms with Crippen molar-refractivity contribution in [1.29, 1.82) is 0 Å². The summed E-state index contributed by atoms with van der Waals surface area (Å²) in [6.45, 7) is 0.516. The van der Waals surface area contributed by atoms with Gasteiger partial charge in [0.15, 0.2) is 5.82 Å². The molecule has 4 rings (SSSR count). The summed E-state index contributed by atoms with van der Waals surface area (Å²) in [6.07, 6.45) is 3.18. The summed E-state index contributed by atoms with van der Waals surface area (Å²) in [6, 6.07) is 31.3. The van der Waals surface area contributed by atoms with Crippen molar-refractivity contribution in [3.8, 4) is 0 Å². The van der Waals surface area contributed by atoms with Gasteiger partial charge in [0, 0.05) is 24.7 Å². The summed E-state index contributed by atoms with van der Waals surface area (Å²) >= 11 is 1.78. The van der Waals surface area contributed by atoms with Crippen LogP contribution in [0, 0.1) is 0 Å². The molecule has 30 heavy (non-hydrogen) atoms. The predicted octanol–water partition coefficient (Wildman–Crippen LogP) is 3.97. The van der Waals surface area contributed by atoms with Gasteiger partial charge in [-0.05, 0) is 16.7 Å². The lowest BCUT2D eigenvalue weighted by Crippen LogP contribution is -2.28. The minimum Gasteiger partial charge on any atom is -0.542 e. The third-order valence-corrected chi connectivity index (χ3v) is 6.62. The molecule has 4 aromatic rings. The van der Waals surface area contributed by atoms with Crippen molar-refractivity contribution in [2.75, 3.05) is 5.75 Å². The van der Waals surface area contributed by atoms with E-state index >= 15 is 0 Å². The van der Waals surface area contributed by atoms with Gasteiger partial charge >= 0.3 is 0 Å². The fraction of sp³-hybridized carbons (Fsp3) is 0.120. The first kappa shape index (κ1) is 20.0. The molecule has 0 saturated heterocycles. The fourth-order valence-electron chi connectivity index (χ4n) is 3.75. The van der Waals surface area contributed by atoms with Crippen LogP contribution in [0.5, 0.6) is 0 Å². The van der Waals surface area contributed by atoms with E-state index < -0.39 is 10.7 Å². The van der Waals surface area contributed by atoms with Gasteiger partial charge in [0.2, 0.25) is 0 Å². The minimum atomic E-state index is -1.26. The first-order valence-corrected chi connectivity index (χ1v) is 10.7. The van der Waals surface area contributed by atoms with Crippen molar-refractivity contribution in [3.63, 3.8) is 0 Å². The molecule has 0 aliphatic heterocycles. The lowest BCUT2D eigenvalue weighted by Gasteiger charge is -2.35. The second kappa shape index (κ2) is 9.01. The van der Waals surface area contributed by atoms with Crippen molar-refractivity contribution in [3.05, 3.63) is 126 Å². The number of hydrogen-bond donors (Lipinski definition) is 0. The molecule has 0 fully saturated rings. The number of carbonyl (C=O) groups is 1. The molecule has 0 spiro atoms. The Bertz CT molecular complexity index is 999. The van der Waals surface area contributed by atoms with E-state index in [0.717, 1.165) is 0 Å². The molecule has 0 saturated carbocycles. The van der Waals surface area contributed by atoms with Gasteiger partial charge in [-0.2, -0.15) is 0 Å².